The van der Waals surface area contributed by atoms with E-state index in [0.717, 1.165) is 12.1 Å². The fourth-order valence-corrected chi connectivity index (χ4v) is 0.958. The largest absolute Gasteiger partial charge is 0.206 e. The molecule has 0 fully saturated rings. The van der Waals surface area contributed by atoms with E-state index >= 15 is 0 Å². The molecule has 0 bridgehead atoms. The molecule has 0 aliphatic carbocycles. The van der Waals surface area contributed by atoms with E-state index in [1.165, 1.54) is 0 Å². The minimum Gasteiger partial charge on any atom is -0.206 e. The molecule has 0 N–H and O–H groups in total. The lowest BCUT2D eigenvalue weighted by Gasteiger charge is -1.96. The van der Waals surface area contributed by atoms with Crippen LogP contribution in [0.2, 0.25) is 0 Å². The predicted molar refractivity (Wildman–Crippen MR) is 38.8 cm³/mol. The quantitative estimate of drug-likeness (QED) is 0.614. The minimum atomic E-state index is -0.854. The van der Waals surface area contributed by atoms with Crippen LogP contribution in [0.4, 0.5) is 8.78 Å². The van der Waals surface area contributed by atoms with Crippen molar-refractivity contribution in [2.24, 2.45) is 0 Å². The van der Waals surface area contributed by atoms with Gasteiger partial charge in [-0.2, -0.15) is 5.26 Å². The zero-order valence-corrected chi connectivity index (χ0v) is 6.82. The van der Waals surface area contributed by atoms with Gasteiger partial charge in [0.05, 0.1) is 10.0 Å². The summed E-state index contributed by atoms with van der Waals surface area (Å²) in [6.07, 6.45) is 0. The summed E-state index contributed by atoms with van der Waals surface area (Å²) in [6.45, 7) is 0. The Hall–Kier alpha value is -0.950. The standard InChI is InChI=1S/C7H2BrF2N/c8-6-5(9)2-1-4(3-11)7(6)10/h1-2H. The smallest absolute Gasteiger partial charge is 0.158 e. The third-order valence-corrected chi connectivity index (χ3v) is 1.88. The Bertz CT molecular complexity index is 330. The van der Waals surface area contributed by atoms with Gasteiger partial charge < -0.3 is 0 Å². The maximum Gasteiger partial charge on any atom is 0.158 e. The van der Waals surface area contributed by atoms with Crippen molar-refractivity contribution in [3.05, 3.63) is 33.8 Å². The van der Waals surface area contributed by atoms with Crippen molar-refractivity contribution in [3.8, 4) is 6.07 Å². The van der Waals surface area contributed by atoms with Gasteiger partial charge in [-0.15, -0.1) is 0 Å². The van der Waals surface area contributed by atoms with E-state index < -0.39 is 11.6 Å². The van der Waals surface area contributed by atoms with Crippen molar-refractivity contribution in [1.29, 1.82) is 5.26 Å². The van der Waals surface area contributed by atoms with Crippen LogP contribution in [-0.2, 0) is 0 Å². The fourth-order valence-electron chi connectivity index (χ4n) is 0.612. The Balaban J connectivity index is 3.40. The van der Waals surface area contributed by atoms with E-state index in [2.05, 4.69) is 15.9 Å². The lowest BCUT2D eigenvalue weighted by atomic mass is 10.2. The molecular formula is C7H2BrF2N. The first kappa shape index (κ1) is 8.15. The van der Waals surface area contributed by atoms with Crippen LogP contribution in [0.1, 0.15) is 5.56 Å². The van der Waals surface area contributed by atoms with Crippen LogP contribution in [0.25, 0.3) is 0 Å². The molecule has 1 rings (SSSR count). The first-order valence-corrected chi connectivity index (χ1v) is 3.49. The van der Waals surface area contributed by atoms with Gasteiger partial charge in [-0.1, -0.05) is 0 Å². The summed E-state index contributed by atoms with van der Waals surface area (Å²) in [7, 11) is 0. The number of hydrogen-bond acceptors (Lipinski definition) is 1. The third-order valence-electron chi connectivity index (χ3n) is 1.16. The van der Waals surface area contributed by atoms with Gasteiger partial charge >= 0.3 is 0 Å². The molecule has 0 unspecified atom stereocenters. The Morgan fingerprint density at radius 3 is 2.55 bits per heavy atom. The van der Waals surface area contributed by atoms with E-state index in [0.29, 0.717) is 0 Å². The summed E-state index contributed by atoms with van der Waals surface area (Å²) in [6, 6.07) is 3.72. The molecule has 4 heteroatoms. The number of nitriles is 1. The lowest BCUT2D eigenvalue weighted by molar-refractivity contribution is 0.569. The van der Waals surface area contributed by atoms with Gasteiger partial charge in [0.15, 0.2) is 5.82 Å². The molecule has 0 atom stereocenters. The molecule has 11 heavy (non-hydrogen) atoms. The summed E-state index contributed by atoms with van der Waals surface area (Å²) in [5.41, 5.74) is -0.168. The molecule has 0 radical (unpaired) electrons. The molecule has 56 valence electrons. The van der Waals surface area contributed by atoms with Crippen molar-refractivity contribution < 1.29 is 8.78 Å². The zero-order chi connectivity index (χ0) is 8.43. The molecule has 0 aliphatic rings. The highest BCUT2D eigenvalue weighted by atomic mass is 79.9. The molecule has 0 heterocycles. The van der Waals surface area contributed by atoms with Crippen LogP contribution in [0.15, 0.2) is 16.6 Å². The molecule has 1 aromatic rings. The van der Waals surface area contributed by atoms with Crippen LogP contribution in [0, 0.1) is 23.0 Å². The van der Waals surface area contributed by atoms with Gasteiger partial charge in [0.1, 0.15) is 11.9 Å². The first-order chi connectivity index (χ1) is 5.16. The number of benzene rings is 1. The molecule has 0 saturated carbocycles. The first-order valence-electron chi connectivity index (χ1n) is 2.70. The van der Waals surface area contributed by atoms with Crippen molar-refractivity contribution >= 4 is 15.9 Å². The average molecular weight is 218 g/mol. The molecule has 0 spiro atoms. The maximum atomic E-state index is 12.8. The highest BCUT2D eigenvalue weighted by molar-refractivity contribution is 9.10. The summed E-state index contributed by atoms with van der Waals surface area (Å²) >= 11 is 2.67. The van der Waals surface area contributed by atoms with Gasteiger partial charge in [0.2, 0.25) is 0 Å². The minimum absolute atomic E-state index is 0.168. The van der Waals surface area contributed by atoms with Gasteiger partial charge in [-0.3, -0.25) is 0 Å². The number of nitrogens with zero attached hydrogens (tertiary/aromatic N) is 1. The van der Waals surface area contributed by atoms with Crippen LogP contribution >= 0.6 is 15.9 Å². The fraction of sp³-hybridized carbons (Fsp3) is 0. The van der Waals surface area contributed by atoms with Crippen molar-refractivity contribution in [2.45, 2.75) is 0 Å². The van der Waals surface area contributed by atoms with E-state index in [1.807, 2.05) is 0 Å². The highest BCUT2D eigenvalue weighted by Crippen LogP contribution is 2.21. The van der Waals surface area contributed by atoms with E-state index in [-0.39, 0.29) is 10.0 Å². The van der Waals surface area contributed by atoms with Crippen LogP contribution < -0.4 is 0 Å². The second-order valence-electron chi connectivity index (χ2n) is 1.83. The summed E-state index contributed by atoms with van der Waals surface area (Å²) in [5, 5.41) is 8.30. The molecule has 0 amide bonds. The number of hydrogen-bond donors (Lipinski definition) is 0. The van der Waals surface area contributed by atoms with Gasteiger partial charge in [0, 0.05) is 0 Å². The lowest BCUT2D eigenvalue weighted by Crippen LogP contribution is -1.88. The van der Waals surface area contributed by atoms with Crippen molar-refractivity contribution in [1.82, 2.24) is 0 Å². The summed E-state index contributed by atoms with van der Waals surface area (Å²) in [5.74, 6) is -1.56. The normalized spacial score (nSPS) is 9.27. The zero-order valence-electron chi connectivity index (χ0n) is 5.24. The molecule has 1 aromatic carbocycles. The molecule has 0 aromatic heterocycles. The molecule has 0 aliphatic heterocycles. The summed E-state index contributed by atoms with van der Waals surface area (Å²) < 4.78 is 25.0. The van der Waals surface area contributed by atoms with Crippen molar-refractivity contribution in [3.63, 3.8) is 0 Å². The summed E-state index contributed by atoms with van der Waals surface area (Å²) in [4.78, 5) is 0. The molecular weight excluding hydrogens is 216 g/mol. The average Bonchev–Trinajstić information content (AvgIpc) is 2.01. The topological polar surface area (TPSA) is 23.8 Å². The highest BCUT2D eigenvalue weighted by Gasteiger charge is 2.09. The predicted octanol–water partition coefficient (Wildman–Crippen LogP) is 2.60. The second kappa shape index (κ2) is 2.97. The van der Waals surface area contributed by atoms with E-state index in [9.17, 15) is 8.78 Å². The SMILES string of the molecule is N#Cc1ccc(F)c(Br)c1F. The van der Waals surface area contributed by atoms with Crippen LogP contribution in [0.3, 0.4) is 0 Å². The Labute approximate surface area is 70.4 Å². The van der Waals surface area contributed by atoms with Gasteiger partial charge in [-0.05, 0) is 28.1 Å². The van der Waals surface area contributed by atoms with E-state index in [1.54, 1.807) is 6.07 Å². The van der Waals surface area contributed by atoms with Crippen LogP contribution in [-0.4, -0.2) is 0 Å². The van der Waals surface area contributed by atoms with Gasteiger partial charge in [0.25, 0.3) is 0 Å². The monoisotopic (exact) mass is 217 g/mol. The van der Waals surface area contributed by atoms with E-state index in [4.69, 9.17) is 5.26 Å². The van der Waals surface area contributed by atoms with Crippen LogP contribution in [0.5, 0.6) is 0 Å². The molecule has 1 nitrogen and oxygen atoms in total. The number of rotatable bonds is 0. The second-order valence-corrected chi connectivity index (χ2v) is 2.63. The Kier molecular flexibility index (Phi) is 2.20. The third kappa shape index (κ3) is 1.38. The number of halogens is 3. The Morgan fingerprint density at radius 1 is 1.36 bits per heavy atom. The van der Waals surface area contributed by atoms with Crippen molar-refractivity contribution in [2.75, 3.05) is 0 Å². The maximum absolute atomic E-state index is 12.8. The van der Waals surface area contributed by atoms with Gasteiger partial charge in [-0.25, -0.2) is 8.78 Å². The Morgan fingerprint density at radius 2 is 2.00 bits per heavy atom. The molecule has 0 saturated heterocycles.